The van der Waals surface area contributed by atoms with E-state index in [1.54, 1.807) is 13.8 Å². The molecule has 2 aromatic heterocycles. The molecule has 2 amide bonds. The Hall–Kier alpha value is -3.62. The fourth-order valence-electron chi connectivity index (χ4n) is 4.01. The van der Waals surface area contributed by atoms with Crippen LogP contribution in [0, 0.1) is 33.6 Å². The molecule has 0 aliphatic heterocycles. The van der Waals surface area contributed by atoms with Gasteiger partial charge in [0.05, 0.1) is 18.5 Å². The second-order valence-electron chi connectivity index (χ2n) is 8.75. The van der Waals surface area contributed by atoms with Crippen LogP contribution in [0.3, 0.4) is 0 Å². The van der Waals surface area contributed by atoms with Crippen molar-refractivity contribution >= 4 is 39.7 Å². The standard InChI is InChI=1S/C25H30N2O7/c1-7-11(2)21(24(30)31)27-20(29)10-26-19(28)9-18-13(4)17-8-16-12(3)15(6)33-22(16)14(5)23(17)34-25(18)32/h8,11,21H,7,9-10H2,1-6H3,(H,26,28)(H,27,29)(H,30,31)/t11-,21+/m0/s1. The molecule has 3 N–H and O–H groups in total. The summed E-state index contributed by atoms with van der Waals surface area (Å²) in [6.07, 6.45) is 0.301. The Labute approximate surface area is 196 Å². The number of hydrogen-bond donors (Lipinski definition) is 3. The van der Waals surface area contributed by atoms with Gasteiger partial charge in [-0.05, 0) is 50.8 Å². The second-order valence-corrected chi connectivity index (χ2v) is 8.75. The Morgan fingerprint density at radius 2 is 1.59 bits per heavy atom. The molecule has 9 nitrogen and oxygen atoms in total. The van der Waals surface area contributed by atoms with Crippen molar-refractivity contribution < 1.29 is 28.3 Å². The molecule has 1 aromatic carbocycles. The van der Waals surface area contributed by atoms with Crippen LogP contribution in [0.1, 0.15) is 48.3 Å². The SMILES string of the molecule is CC[C@H](C)[C@@H](NC(=O)CNC(=O)Cc1c(C)c2cc3c(C)c(C)oc3c(C)c2oc1=O)C(=O)O. The van der Waals surface area contributed by atoms with Crippen LogP contribution in [0.5, 0.6) is 0 Å². The van der Waals surface area contributed by atoms with Gasteiger partial charge in [0.2, 0.25) is 11.8 Å². The lowest BCUT2D eigenvalue weighted by Crippen LogP contribution is -2.48. The third kappa shape index (κ3) is 4.69. The number of hydrogen-bond acceptors (Lipinski definition) is 6. The molecule has 9 heteroatoms. The molecule has 3 aromatic rings. The van der Waals surface area contributed by atoms with Gasteiger partial charge < -0.3 is 24.6 Å². The molecule has 0 fully saturated rings. The summed E-state index contributed by atoms with van der Waals surface area (Å²) >= 11 is 0. The largest absolute Gasteiger partial charge is 0.480 e. The molecular weight excluding hydrogens is 440 g/mol. The lowest BCUT2D eigenvalue weighted by atomic mass is 9.98. The summed E-state index contributed by atoms with van der Waals surface area (Å²) in [6, 6.07) is 0.858. The van der Waals surface area contributed by atoms with Gasteiger partial charge in [-0.15, -0.1) is 0 Å². The fraction of sp³-hybridized carbons (Fsp3) is 0.440. The zero-order valence-electron chi connectivity index (χ0n) is 20.3. The molecule has 0 radical (unpaired) electrons. The summed E-state index contributed by atoms with van der Waals surface area (Å²) in [4.78, 5) is 48.7. The molecule has 0 bridgehead atoms. The highest BCUT2D eigenvalue weighted by atomic mass is 16.4. The summed E-state index contributed by atoms with van der Waals surface area (Å²) in [5.41, 5.74) is 2.98. The Balaban J connectivity index is 1.80. The lowest BCUT2D eigenvalue weighted by Gasteiger charge is -2.20. The van der Waals surface area contributed by atoms with Crippen molar-refractivity contribution in [3.05, 3.63) is 44.5 Å². The van der Waals surface area contributed by atoms with E-state index in [1.807, 2.05) is 33.8 Å². The molecule has 3 rings (SSSR count). The number of furan rings is 1. The Morgan fingerprint density at radius 3 is 2.21 bits per heavy atom. The summed E-state index contributed by atoms with van der Waals surface area (Å²) in [6.45, 7) is 10.6. The number of aryl methyl sites for hydroxylation is 4. The minimum absolute atomic E-state index is 0.199. The van der Waals surface area contributed by atoms with E-state index in [4.69, 9.17) is 8.83 Å². The molecule has 0 unspecified atom stereocenters. The number of fused-ring (bicyclic) bond motifs is 2. The quantitative estimate of drug-likeness (QED) is 0.430. The normalized spacial score (nSPS) is 13.1. The topological polar surface area (TPSA) is 139 Å². The Kier molecular flexibility index (Phi) is 7.14. The zero-order chi connectivity index (χ0) is 25.3. The predicted octanol–water partition coefficient (Wildman–Crippen LogP) is 3.05. The van der Waals surface area contributed by atoms with Gasteiger partial charge >= 0.3 is 11.6 Å². The predicted molar refractivity (Wildman–Crippen MR) is 127 cm³/mol. The minimum Gasteiger partial charge on any atom is -0.480 e. The van der Waals surface area contributed by atoms with Crippen molar-refractivity contribution in [2.24, 2.45) is 5.92 Å². The van der Waals surface area contributed by atoms with Gasteiger partial charge in [-0.3, -0.25) is 9.59 Å². The average Bonchev–Trinajstić information content (AvgIpc) is 3.08. The van der Waals surface area contributed by atoms with Gasteiger partial charge in [0.1, 0.15) is 23.0 Å². The minimum atomic E-state index is -1.13. The number of carbonyl (C=O) groups is 3. The third-order valence-corrected chi connectivity index (χ3v) is 6.52. The maximum absolute atomic E-state index is 12.7. The highest BCUT2D eigenvalue weighted by Gasteiger charge is 2.25. The van der Waals surface area contributed by atoms with E-state index in [0.29, 0.717) is 34.1 Å². The highest BCUT2D eigenvalue weighted by molar-refractivity contribution is 6.00. The number of nitrogens with one attached hydrogen (secondary N) is 2. The van der Waals surface area contributed by atoms with E-state index >= 15 is 0 Å². The summed E-state index contributed by atoms with van der Waals surface area (Å²) < 4.78 is 11.4. The van der Waals surface area contributed by atoms with Gasteiger partial charge in [0.15, 0.2) is 0 Å². The Morgan fingerprint density at radius 1 is 0.971 bits per heavy atom. The maximum Gasteiger partial charge on any atom is 0.340 e. The smallest absolute Gasteiger partial charge is 0.340 e. The van der Waals surface area contributed by atoms with Gasteiger partial charge in [-0.1, -0.05) is 20.3 Å². The average molecular weight is 471 g/mol. The highest BCUT2D eigenvalue weighted by Crippen LogP contribution is 2.34. The van der Waals surface area contributed by atoms with Crippen LogP contribution in [0.15, 0.2) is 19.7 Å². The summed E-state index contributed by atoms with van der Waals surface area (Å²) in [7, 11) is 0. The van der Waals surface area contributed by atoms with Crippen LogP contribution in [-0.4, -0.2) is 35.5 Å². The van der Waals surface area contributed by atoms with Crippen LogP contribution in [0.4, 0.5) is 0 Å². The molecule has 0 saturated carbocycles. The second kappa shape index (κ2) is 9.70. The van der Waals surface area contributed by atoms with E-state index in [0.717, 1.165) is 16.7 Å². The molecule has 182 valence electrons. The van der Waals surface area contributed by atoms with Crippen molar-refractivity contribution in [1.82, 2.24) is 10.6 Å². The van der Waals surface area contributed by atoms with E-state index < -0.39 is 36.0 Å². The number of amides is 2. The van der Waals surface area contributed by atoms with Crippen LogP contribution < -0.4 is 16.3 Å². The van der Waals surface area contributed by atoms with Crippen LogP contribution in [0.25, 0.3) is 21.9 Å². The number of benzene rings is 1. The molecule has 0 aliphatic rings. The van der Waals surface area contributed by atoms with E-state index in [-0.39, 0.29) is 17.9 Å². The van der Waals surface area contributed by atoms with E-state index in [1.165, 1.54) is 0 Å². The first-order valence-electron chi connectivity index (χ1n) is 11.2. The molecule has 0 saturated heterocycles. The van der Waals surface area contributed by atoms with Gasteiger partial charge in [0, 0.05) is 16.3 Å². The molecular formula is C25H30N2O7. The third-order valence-electron chi connectivity index (χ3n) is 6.52. The lowest BCUT2D eigenvalue weighted by molar-refractivity contribution is -0.143. The van der Waals surface area contributed by atoms with Gasteiger partial charge in [0.25, 0.3) is 0 Å². The van der Waals surface area contributed by atoms with Crippen molar-refractivity contribution in [3.8, 4) is 0 Å². The maximum atomic E-state index is 12.7. The molecule has 0 aliphatic carbocycles. The van der Waals surface area contributed by atoms with Gasteiger partial charge in [-0.25, -0.2) is 9.59 Å². The van der Waals surface area contributed by atoms with E-state index in [2.05, 4.69) is 10.6 Å². The van der Waals surface area contributed by atoms with Crippen LogP contribution in [-0.2, 0) is 20.8 Å². The number of carbonyl (C=O) groups excluding carboxylic acids is 2. The monoisotopic (exact) mass is 470 g/mol. The van der Waals surface area contributed by atoms with Crippen molar-refractivity contribution in [2.75, 3.05) is 6.54 Å². The first-order chi connectivity index (χ1) is 16.0. The number of aliphatic carboxylic acids is 1. The van der Waals surface area contributed by atoms with Gasteiger partial charge in [-0.2, -0.15) is 0 Å². The zero-order valence-corrected chi connectivity index (χ0v) is 20.3. The number of rotatable bonds is 8. The van der Waals surface area contributed by atoms with Crippen molar-refractivity contribution in [3.63, 3.8) is 0 Å². The number of carboxylic acids is 1. The fourth-order valence-corrected chi connectivity index (χ4v) is 4.01. The van der Waals surface area contributed by atoms with Crippen molar-refractivity contribution in [2.45, 2.75) is 60.4 Å². The summed E-state index contributed by atoms with van der Waals surface area (Å²) in [5, 5.41) is 15.8. The Bertz CT molecular complexity index is 1350. The first kappa shape index (κ1) is 25.0. The summed E-state index contributed by atoms with van der Waals surface area (Å²) in [5.74, 6) is -1.78. The molecule has 2 atom stereocenters. The van der Waals surface area contributed by atoms with Crippen LogP contribution in [0.2, 0.25) is 0 Å². The number of carboxylic acid groups (broad SMARTS) is 1. The van der Waals surface area contributed by atoms with Crippen molar-refractivity contribution in [1.29, 1.82) is 0 Å². The van der Waals surface area contributed by atoms with Crippen LogP contribution >= 0.6 is 0 Å². The first-order valence-corrected chi connectivity index (χ1v) is 11.2. The molecule has 2 heterocycles. The van der Waals surface area contributed by atoms with E-state index in [9.17, 15) is 24.3 Å². The molecule has 0 spiro atoms. The molecule has 34 heavy (non-hydrogen) atoms.